The Labute approximate surface area is 122 Å². The topological polar surface area (TPSA) is 72.3 Å². The molecule has 7 heteroatoms. The number of hydrogen-bond acceptors (Lipinski definition) is 4. The molecule has 1 aliphatic rings. The zero-order valence-electron chi connectivity index (χ0n) is 11.5. The van der Waals surface area contributed by atoms with Gasteiger partial charge in [-0.3, -0.25) is 4.79 Å². The number of aromatic nitrogens is 2. The van der Waals surface area contributed by atoms with Crippen molar-refractivity contribution < 1.29 is 8.42 Å². The van der Waals surface area contributed by atoms with Gasteiger partial charge in [-0.2, -0.15) is 9.40 Å². The molecule has 0 atom stereocenters. The van der Waals surface area contributed by atoms with Gasteiger partial charge in [0, 0.05) is 24.7 Å². The quantitative estimate of drug-likeness (QED) is 0.838. The van der Waals surface area contributed by atoms with Gasteiger partial charge in [-0.25, -0.2) is 13.1 Å². The average Bonchev–Trinajstić information content (AvgIpc) is 2.38. The van der Waals surface area contributed by atoms with Crippen LogP contribution in [0.3, 0.4) is 0 Å². The van der Waals surface area contributed by atoms with Gasteiger partial charge < -0.3 is 0 Å². The van der Waals surface area contributed by atoms with Crippen LogP contribution in [0.4, 0.5) is 0 Å². The normalized spacial score (nSPS) is 16.6. The molecule has 0 saturated carbocycles. The van der Waals surface area contributed by atoms with Crippen LogP contribution < -0.4 is 5.56 Å². The summed E-state index contributed by atoms with van der Waals surface area (Å²) in [7, 11) is -3.19. The highest BCUT2D eigenvalue weighted by Gasteiger charge is 2.35. The van der Waals surface area contributed by atoms with Gasteiger partial charge in [0.25, 0.3) is 5.56 Å². The minimum atomic E-state index is -3.19. The lowest BCUT2D eigenvalue weighted by Gasteiger charge is -2.37. The molecule has 0 amide bonds. The largest absolute Gasteiger partial charge is 0.268 e. The maximum absolute atomic E-state index is 11.9. The van der Waals surface area contributed by atoms with E-state index in [1.54, 1.807) is 6.07 Å². The number of benzene rings is 1. The van der Waals surface area contributed by atoms with E-state index in [4.69, 9.17) is 0 Å². The van der Waals surface area contributed by atoms with Crippen LogP contribution >= 0.6 is 0 Å². The molecule has 0 N–H and O–H groups in total. The van der Waals surface area contributed by atoms with E-state index < -0.39 is 10.0 Å². The van der Waals surface area contributed by atoms with E-state index >= 15 is 0 Å². The van der Waals surface area contributed by atoms with E-state index in [9.17, 15) is 13.2 Å². The van der Waals surface area contributed by atoms with Crippen LogP contribution in [0.25, 0.3) is 11.3 Å². The van der Waals surface area contributed by atoms with Crippen molar-refractivity contribution in [2.45, 2.75) is 6.04 Å². The van der Waals surface area contributed by atoms with E-state index in [2.05, 4.69) is 5.10 Å². The molecular formula is C14H15N3O3S. The van der Waals surface area contributed by atoms with Crippen LogP contribution in [-0.4, -0.2) is 41.8 Å². The van der Waals surface area contributed by atoms with Crippen molar-refractivity contribution in [3.8, 4) is 11.3 Å². The Morgan fingerprint density at radius 2 is 1.76 bits per heavy atom. The van der Waals surface area contributed by atoms with Gasteiger partial charge in [0.05, 0.1) is 18.0 Å². The highest BCUT2D eigenvalue weighted by Crippen LogP contribution is 2.22. The van der Waals surface area contributed by atoms with Crippen LogP contribution in [-0.2, 0) is 10.0 Å². The van der Waals surface area contributed by atoms with E-state index in [1.807, 2.05) is 30.3 Å². The van der Waals surface area contributed by atoms with Gasteiger partial charge >= 0.3 is 0 Å². The number of sulfonamides is 1. The molecule has 0 radical (unpaired) electrons. The van der Waals surface area contributed by atoms with Crippen LogP contribution in [0.15, 0.2) is 47.3 Å². The van der Waals surface area contributed by atoms with Crippen LogP contribution in [0.2, 0.25) is 0 Å². The summed E-state index contributed by atoms with van der Waals surface area (Å²) in [6.07, 6.45) is 1.17. The molecule has 2 aromatic rings. The third-order valence-electron chi connectivity index (χ3n) is 3.54. The lowest BCUT2D eigenvalue weighted by Crippen LogP contribution is -2.52. The zero-order chi connectivity index (χ0) is 15.0. The number of nitrogens with zero attached hydrogens (tertiary/aromatic N) is 3. The summed E-state index contributed by atoms with van der Waals surface area (Å²) in [5.41, 5.74) is 1.41. The molecule has 1 aromatic heterocycles. The standard InChI is InChI=1S/C14H15N3O3S/c1-21(19,20)16-9-12(10-16)17-14(18)8-7-13(15-17)11-5-3-2-4-6-11/h2-8,12H,9-10H2,1H3. The SMILES string of the molecule is CS(=O)(=O)N1CC(n2nc(-c3ccccc3)ccc2=O)C1. The molecule has 1 fully saturated rings. The van der Waals surface area contributed by atoms with Crippen LogP contribution in [0.1, 0.15) is 6.04 Å². The van der Waals surface area contributed by atoms with Gasteiger partial charge in [0.15, 0.2) is 0 Å². The molecule has 1 aromatic carbocycles. The third-order valence-corrected chi connectivity index (χ3v) is 4.77. The summed E-state index contributed by atoms with van der Waals surface area (Å²) >= 11 is 0. The summed E-state index contributed by atoms with van der Waals surface area (Å²) in [6.45, 7) is 0.591. The molecule has 6 nitrogen and oxygen atoms in total. The van der Waals surface area contributed by atoms with E-state index in [0.717, 1.165) is 5.56 Å². The molecule has 0 spiro atoms. The zero-order valence-corrected chi connectivity index (χ0v) is 12.3. The number of rotatable bonds is 3. The van der Waals surface area contributed by atoms with Crippen molar-refractivity contribution >= 4 is 10.0 Å². The van der Waals surface area contributed by atoms with E-state index in [0.29, 0.717) is 18.8 Å². The minimum absolute atomic E-state index is 0.198. The highest BCUT2D eigenvalue weighted by atomic mass is 32.2. The molecule has 0 bridgehead atoms. The first kappa shape index (κ1) is 14.0. The molecule has 3 rings (SSSR count). The number of hydrogen-bond donors (Lipinski definition) is 0. The maximum atomic E-state index is 11.9. The fourth-order valence-corrected chi connectivity index (χ4v) is 3.18. The fourth-order valence-electron chi connectivity index (χ4n) is 2.29. The molecule has 21 heavy (non-hydrogen) atoms. The van der Waals surface area contributed by atoms with Crippen LogP contribution in [0, 0.1) is 0 Å². The Hall–Kier alpha value is -1.99. The van der Waals surface area contributed by atoms with Crippen molar-refractivity contribution in [3.05, 3.63) is 52.8 Å². The van der Waals surface area contributed by atoms with Crippen molar-refractivity contribution in [1.29, 1.82) is 0 Å². The molecular weight excluding hydrogens is 290 g/mol. The first-order chi connectivity index (χ1) is 9.95. The summed E-state index contributed by atoms with van der Waals surface area (Å²) in [5.74, 6) is 0. The molecule has 1 saturated heterocycles. The van der Waals surface area contributed by atoms with E-state index in [-0.39, 0.29) is 11.6 Å². The Kier molecular flexibility index (Phi) is 3.38. The lowest BCUT2D eigenvalue weighted by atomic mass is 10.1. The second-order valence-corrected chi connectivity index (χ2v) is 7.08. The Morgan fingerprint density at radius 1 is 1.10 bits per heavy atom. The maximum Gasteiger partial charge on any atom is 0.267 e. The molecule has 1 aliphatic heterocycles. The van der Waals surface area contributed by atoms with Gasteiger partial charge in [-0.15, -0.1) is 0 Å². The fraction of sp³-hybridized carbons (Fsp3) is 0.286. The first-order valence-corrected chi connectivity index (χ1v) is 8.40. The monoisotopic (exact) mass is 305 g/mol. The molecule has 2 heterocycles. The lowest BCUT2D eigenvalue weighted by molar-refractivity contribution is 0.187. The Balaban J connectivity index is 1.89. The molecule has 110 valence electrons. The smallest absolute Gasteiger partial charge is 0.267 e. The second-order valence-electron chi connectivity index (χ2n) is 5.10. The van der Waals surface area contributed by atoms with Crippen molar-refractivity contribution in [2.24, 2.45) is 0 Å². The van der Waals surface area contributed by atoms with Gasteiger partial charge in [0.2, 0.25) is 10.0 Å². The average molecular weight is 305 g/mol. The summed E-state index contributed by atoms with van der Waals surface area (Å²) in [6, 6.07) is 12.5. The van der Waals surface area contributed by atoms with Crippen molar-refractivity contribution in [2.75, 3.05) is 19.3 Å². The van der Waals surface area contributed by atoms with Crippen molar-refractivity contribution in [3.63, 3.8) is 0 Å². The van der Waals surface area contributed by atoms with Crippen molar-refractivity contribution in [1.82, 2.24) is 14.1 Å². The van der Waals surface area contributed by atoms with E-state index in [1.165, 1.54) is 21.3 Å². The first-order valence-electron chi connectivity index (χ1n) is 6.55. The van der Waals surface area contributed by atoms with Gasteiger partial charge in [-0.05, 0) is 6.07 Å². The predicted molar refractivity (Wildman–Crippen MR) is 79.4 cm³/mol. The second kappa shape index (κ2) is 5.09. The van der Waals surface area contributed by atoms with Gasteiger partial charge in [0.1, 0.15) is 0 Å². The Morgan fingerprint density at radius 3 is 2.38 bits per heavy atom. The molecule has 0 aliphatic carbocycles. The Bertz CT molecular complexity index is 809. The highest BCUT2D eigenvalue weighted by molar-refractivity contribution is 7.88. The molecule has 0 unspecified atom stereocenters. The summed E-state index contributed by atoms with van der Waals surface area (Å²) < 4.78 is 25.5. The summed E-state index contributed by atoms with van der Waals surface area (Å²) in [5, 5.41) is 4.36. The third kappa shape index (κ3) is 2.74. The van der Waals surface area contributed by atoms with Crippen LogP contribution in [0.5, 0.6) is 0 Å². The van der Waals surface area contributed by atoms with Gasteiger partial charge in [-0.1, -0.05) is 30.3 Å². The predicted octanol–water partition coefficient (Wildman–Crippen LogP) is 0.727. The minimum Gasteiger partial charge on any atom is -0.268 e. The summed E-state index contributed by atoms with van der Waals surface area (Å²) in [4.78, 5) is 11.9.